The summed E-state index contributed by atoms with van der Waals surface area (Å²) in [4.78, 5) is 23.9. The highest BCUT2D eigenvalue weighted by atomic mass is 16.4. The van der Waals surface area contributed by atoms with Crippen molar-refractivity contribution in [3.05, 3.63) is 24.4 Å². The molecule has 0 radical (unpaired) electrons. The van der Waals surface area contributed by atoms with Crippen molar-refractivity contribution >= 4 is 17.8 Å². The summed E-state index contributed by atoms with van der Waals surface area (Å²) in [6.45, 7) is 0. The van der Waals surface area contributed by atoms with Gasteiger partial charge >= 0.3 is 5.97 Å². The van der Waals surface area contributed by atoms with E-state index in [2.05, 4.69) is 4.98 Å². The molecule has 0 amide bonds. The molecule has 0 saturated heterocycles. The van der Waals surface area contributed by atoms with Crippen molar-refractivity contribution in [1.82, 2.24) is 0 Å². The normalized spacial score (nSPS) is 21.9. The summed E-state index contributed by atoms with van der Waals surface area (Å²) >= 11 is 0. The third-order valence-electron chi connectivity index (χ3n) is 3.12. The van der Waals surface area contributed by atoms with E-state index in [1.807, 2.05) is 12.1 Å². The zero-order chi connectivity index (χ0) is 14.3. The van der Waals surface area contributed by atoms with Crippen LogP contribution in [0.5, 0.6) is 0 Å². The number of aliphatic carboxylic acids is 2. The number of pyridine rings is 1. The average molecular weight is 266 g/mol. The van der Waals surface area contributed by atoms with Gasteiger partial charge in [0.15, 0.2) is 0 Å². The Hall–Kier alpha value is -2.11. The number of nitrogen functional groups attached to an aromatic ring is 1. The highest BCUT2D eigenvalue weighted by Crippen LogP contribution is 2.29. The summed E-state index contributed by atoms with van der Waals surface area (Å²) in [7, 11) is 0. The molecule has 1 heterocycles. The number of carbonyl (C=O) groups is 2. The van der Waals surface area contributed by atoms with Crippen LogP contribution in [0.2, 0.25) is 0 Å². The number of rotatable bonds is 2. The van der Waals surface area contributed by atoms with Crippen LogP contribution in [0.3, 0.4) is 0 Å². The molecule has 0 unspecified atom stereocenters. The standard InChI is InChI=1S/C8H12O4.C5H6N2/c9-7(10)5-3-1-2-4-6(5)8(11)12;6-5-3-1-2-4-7-5/h5-6H,1-4H2,(H,9,10)(H,11,12);1-4H,(H2,6,7)/t5-,6+;. The summed E-state index contributed by atoms with van der Waals surface area (Å²) in [5.41, 5.74) is 5.30. The number of H-pyrrole nitrogens is 1. The molecule has 19 heavy (non-hydrogen) atoms. The van der Waals surface area contributed by atoms with Crippen LogP contribution in [-0.4, -0.2) is 17.0 Å². The smallest absolute Gasteiger partial charge is 0.307 e. The number of carbonyl (C=O) groups excluding carboxylic acids is 1. The molecule has 2 rings (SSSR count). The quantitative estimate of drug-likeness (QED) is 0.762. The first-order valence-electron chi connectivity index (χ1n) is 6.18. The van der Waals surface area contributed by atoms with Gasteiger partial charge in [0.2, 0.25) is 0 Å². The lowest BCUT2D eigenvalue weighted by Crippen LogP contribution is -2.40. The summed E-state index contributed by atoms with van der Waals surface area (Å²) in [6, 6.07) is 5.57. The number of hydrogen-bond acceptors (Lipinski definition) is 4. The molecule has 4 N–H and O–H groups in total. The van der Waals surface area contributed by atoms with Crippen LogP contribution >= 0.6 is 0 Å². The lowest BCUT2D eigenvalue weighted by atomic mass is 9.79. The van der Waals surface area contributed by atoms with Crippen molar-refractivity contribution in [2.45, 2.75) is 25.7 Å². The van der Waals surface area contributed by atoms with Gasteiger partial charge in [-0.25, -0.2) is 4.98 Å². The van der Waals surface area contributed by atoms with Gasteiger partial charge in [-0.15, -0.1) is 0 Å². The maximum absolute atomic E-state index is 10.6. The van der Waals surface area contributed by atoms with E-state index in [-0.39, 0.29) is 0 Å². The van der Waals surface area contributed by atoms with Crippen molar-refractivity contribution in [1.29, 1.82) is 0 Å². The Bertz CT molecular complexity index is 400. The fraction of sp³-hybridized carbons (Fsp3) is 0.462. The minimum Gasteiger partial charge on any atom is -0.550 e. The number of anilines is 1. The fourth-order valence-corrected chi connectivity index (χ4v) is 2.12. The zero-order valence-corrected chi connectivity index (χ0v) is 10.5. The molecular weight excluding hydrogens is 248 g/mol. The van der Waals surface area contributed by atoms with Crippen molar-refractivity contribution < 1.29 is 24.8 Å². The number of carboxylic acid groups (broad SMARTS) is 2. The summed E-state index contributed by atoms with van der Waals surface area (Å²) in [5, 5.41) is 19.2. The number of aromatic amines is 1. The Labute approximate surface area is 111 Å². The molecule has 2 atom stereocenters. The van der Waals surface area contributed by atoms with E-state index in [1.54, 1.807) is 12.3 Å². The minimum atomic E-state index is -1.22. The van der Waals surface area contributed by atoms with E-state index in [0.29, 0.717) is 18.7 Å². The maximum atomic E-state index is 10.6. The predicted octanol–water partition coefficient (Wildman–Crippen LogP) is -0.290. The van der Waals surface area contributed by atoms with Crippen molar-refractivity contribution in [2.75, 3.05) is 5.73 Å². The maximum Gasteiger partial charge on any atom is 0.307 e. The van der Waals surface area contributed by atoms with E-state index in [9.17, 15) is 14.7 Å². The number of nitrogens with two attached hydrogens (primary N) is 1. The largest absolute Gasteiger partial charge is 0.550 e. The highest BCUT2D eigenvalue weighted by Gasteiger charge is 2.31. The van der Waals surface area contributed by atoms with Crippen LogP contribution in [0.15, 0.2) is 24.4 Å². The molecule has 1 aliphatic carbocycles. The molecule has 0 aliphatic heterocycles. The first-order chi connectivity index (χ1) is 9.02. The minimum absolute atomic E-state index is 0.444. The first kappa shape index (κ1) is 14.9. The van der Waals surface area contributed by atoms with Gasteiger partial charge in [-0.3, -0.25) is 10.5 Å². The van der Waals surface area contributed by atoms with Gasteiger partial charge in [0.05, 0.1) is 12.1 Å². The van der Waals surface area contributed by atoms with Crippen molar-refractivity contribution in [3.8, 4) is 0 Å². The van der Waals surface area contributed by atoms with Gasteiger partial charge in [-0.05, 0) is 18.9 Å². The fourth-order valence-electron chi connectivity index (χ4n) is 2.12. The van der Waals surface area contributed by atoms with Crippen LogP contribution in [0.25, 0.3) is 0 Å². The third-order valence-corrected chi connectivity index (χ3v) is 3.12. The van der Waals surface area contributed by atoms with Gasteiger partial charge in [-0.1, -0.05) is 18.9 Å². The molecule has 1 saturated carbocycles. The third kappa shape index (κ3) is 4.95. The SMILES string of the molecule is Nc1cccc[nH+]1.O=C([O-])[C@H]1CCCC[C@H]1C(=O)O. The Morgan fingerprint density at radius 1 is 1.26 bits per heavy atom. The van der Waals surface area contributed by atoms with Crippen LogP contribution in [0, 0.1) is 11.8 Å². The van der Waals surface area contributed by atoms with Crippen molar-refractivity contribution in [3.63, 3.8) is 0 Å². The van der Waals surface area contributed by atoms with Crippen molar-refractivity contribution in [2.24, 2.45) is 11.8 Å². The van der Waals surface area contributed by atoms with Gasteiger partial charge < -0.3 is 15.0 Å². The van der Waals surface area contributed by atoms with E-state index in [1.165, 1.54) is 0 Å². The molecule has 0 bridgehead atoms. The second-order valence-electron chi connectivity index (χ2n) is 4.47. The summed E-state index contributed by atoms with van der Waals surface area (Å²) in [5.74, 6) is -3.05. The van der Waals surface area contributed by atoms with Gasteiger partial charge in [-0.2, -0.15) is 0 Å². The highest BCUT2D eigenvalue weighted by molar-refractivity contribution is 5.79. The predicted molar refractivity (Wildman–Crippen MR) is 65.5 cm³/mol. The molecule has 6 nitrogen and oxygen atoms in total. The van der Waals surface area contributed by atoms with Crippen LogP contribution < -0.4 is 15.8 Å². The first-order valence-corrected chi connectivity index (χ1v) is 6.18. The van der Waals surface area contributed by atoms with Gasteiger partial charge in [0, 0.05) is 18.0 Å². The Morgan fingerprint density at radius 3 is 2.21 bits per heavy atom. The Balaban J connectivity index is 0.000000218. The lowest BCUT2D eigenvalue weighted by Gasteiger charge is -2.28. The van der Waals surface area contributed by atoms with E-state index in [4.69, 9.17) is 10.8 Å². The van der Waals surface area contributed by atoms with E-state index < -0.39 is 23.8 Å². The van der Waals surface area contributed by atoms with E-state index >= 15 is 0 Å². The second kappa shape index (κ2) is 7.35. The second-order valence-corrected chi connectivity index (χ2v) is 4.47. The number of nitrogens with one attached hydrogen (secondary N) is 1. The topological polar surface area (TPSA) is 118 Å². The Kier molecular flexibility index (Phi) is 5.78. The number of carboxylic acids is 2. The molecule has 0 aromatic carbocycles. The van der Waals surface area contributed by atoms with Crippen LogP contribution in [0.1, 0.15) is 25.7 Å². The van der Waals surface area contributed by atoms with Gasteiger partial charge in [0.1, 0.15) is 0 Å². The molecule has 1 aromatic rings. The molecule has 1 fully saturated rings. The monoisotopic (exact) mass is 266 g/mol. The molecule has 0 spiro atoms. The number of hydrogen-bond donors (Lipinski definition) is 2. The molecular formula is C13H18N2O4. The van der Waals surface area contributed by atoms with Crippen LogP contribution in [-0.2, 0) is 9.59 Å². The van der Waals surface area contributed by atoms with E-state index in [0.717, 1.165) is 12.8 Å². The zero-order valence-electron chi connectivity index (χ0n) is 10.5. The molecule has 104 valence electrons. The molecule has 1 aliphatic rings. The van der Waals surface area contributed by atoms with Gasteiger partial charge in [0.25, 0.3) is 5.82 Å². The average Bonchev–Trinajstić information content (AvgIpc) is 2.40. The Morgan fingerprint density at radius 2 is 1.89 bits per heavy atom. The lowest BCUT2D eigenvalue weighted by molar-refractivity contribution is -0.360. The summed E-state index contributed by atoms with van der Waals surface area (Å²) in [6.07, 6.45) is 4.30. The number of aromatic nitrogens is 1. The van der Waals surface area contributed by atoms with Crippen LogP contribution in [0.4, 0.5) is 5.82 Å². The molecule has 1 aromatic heterocycles. The summed E-state index contributed by atoms with van der Waals surface area (Å²) < 4.78 is 0. The molecule has 6 heteroatoms.